The van der Waals surface area contributed by atoms with Crippen LogP contribution in [0.5, 0.6) is 0 Å². The van der Waals surface area contributed by atoms with Crippen LogP contribution >= 0.6 is 50.5 Å². The zero-order valence-electron chi connectivity index (χ0n) is 24.4. The van der Waals surface area contributed by atoms with Gasteiger partial charge in [0.25, 0.3) is 0 Å². The first kappa shape index (κ1) is 48.6. The maximum atomic E-state index is 10.1. The van der Waals surface area contributed by atoms with E-state index >= 15 is 0 Å². The molecule has 0 aromatic heterocycles. The number of carbonyl (C=O) groups excluding carboxylic acids is 4. The van der Waals surface area contributed by atoms with Gasteiger partial charge in [0.1, 0.15) is 0 Å². The predicted molar refractivity (Wildman–Crippen MR) is 141 cm³/mol. The Balaban J connectivity index is -0.000000209. The molecule has 0 spiro atoms. The average molecular weight is 609 g/mol. The van der Waals surface area contributed by atoms with Gasteiger partial charge in [-0.15, -0.1) is 0 Å². The molecule has 0 heterocycles. The zero-order valence-corrected chi connectivity index (χ0v) is 27.9. The minimum absolute atomic E-state index is 0. The van der Waals surface area contributed by atoms with Crippen LogP contribution in [0.2, 0.25) is 0 Å². The molecule has 4 saturated carbocycles. The van der Waals surface area contributed by atoms with Gasteiger partial charge in [0, 0.05) is 23.9 Å². The summed E-state index contributed by atoms with van der Waals surface area (Å²) in [5.74, 6) is -1.05. The summed E-state index contributed by atoms with van der Waals surface area (Å²) in [4.78, 5) is 40.3. The molecule has 0 aromatic carbocycles. The molecular weight excluding hydrogens is 572 g/mol. The Hall–Kier alpha value is 1.67. The quantitative estimate of drug-likeness (QED) is 0.126. The molecule has 8 nitrogen and oxygen atoms in total. The molecule has 0 aliphatic heterocycles. The second-order valence-corrected chi connectivity index (χ2v) is 12.1. The first-order valence-electron chi connectivity index (χ1n) is 12.0. The van der Waals surface area contributed by atoms with Crippen molar-refractivity contribution in [3.8, 4) is 0 Å². The Bertz CT molecular complexity index is 663. The van der Waals surface area contributed by atoms with Crippen LogP contribution in [0.25, 0.3) is 0 Å². The molecular formula is C24H36Li4O8S4. The van der Waals surface area contributed by atoms with E-state index in [-0.39, 0.29) is 123 Å². The summed E-state index contributed by atoms with van der Waals surface area (Å²) >= 11 is 16.2. The van der Waals surface area contributed by atoms with Gasteiger partial charge in [-0.25, -0.2) is 0 Å². The number of hydrogen-bond donors (Lipinski definition) is 4. The molecule has 0 unspecified atom stereocenters. The minimum atomic E-state index is -0.943. The maximum Gasteiger partial charge on any atom is 1.00 e. The molecule has 0 aromatic rings. The van der Waals surface area contributed by atoms with Gasteiger partial charge in [-0.2, -0.15) is 50.5 Å². The SMILES string of the molecule is O=C([O-])CC1(CS)CC1.O=C([O-])CC1(CS)CC1.O=C([O-])CC1(CS)CC1.O=C([O-])CC1(CS)CC1.[Li+].[Li+].[Li+].[Li+]. The predicted octanol–water partition coefficient (Wildman–Crippen LogP) is -12.6. The third-order valence-corrected chi connectivity index (χ3v) is 9.93. The van der Waals surface area contributed by atoms with Crippen molar-refractivity contribution in [2.75, 3.05) is 23.0 Å². The van der Waals surface area contributed by atoms with Crippen LogP contribution in [0, 0.1) is 21.7 Å². The number of carboxylic acids is 4. The summed E-state index contributed by atoms with van der Waals surface area (Å²) in [6.45, 7) is 0. The molecule has 40 heavy (non-hydrogen) atoms. The van der Waals surface area contributed by atoms with Crippen molar-refractivity contribution in [1.29, 1.82) is 0 Å². The Labute approximate surface area is 308 Å². The van der Waals surface area contributed by atoms with Crippen LogP contribution in [0.4, 0.5) is 0 Å². The smallest absolute Gasteiger partial charge is 0.550 e. The van der Waals surface area contributed by atoms with Gasteiger partial charge in [-0.3, -0.25) is 0 Å². The van der Waals surface area contributed by atoms with Crippen LogP contribution < -0.4 is 95.9 Å². The van der Waals surface area contributed by atoms with Gasteiger partial charge in [0.15, 0.2) is 0 Å². The van der Waals surface area contributed by atoms with Crippen molar-refractivity contribution < 1.29 is 115 Å². The van der Waals surface area contributed by atoms with E-state index in [1.165, 1.54) is 0 Å². The summed E-state index contributed by atoms with van der Waals surface area (Å²) in [5.41, 5.74) is 0.0633. The summed E-state index contributed by atoms with van der Waals surface area (Å²) in [7, 11) is 0. The topological polar surface area (TPSA) is 161 Å². The summed E-state index contributed by atoms with van der Waals surface area (Å²) in [5, 5.41) is 40.3. The third-order valence-electron chi connectivity index (χ3n) is 7.25. The first-order valence-corrected chi connectivity index (χ1v) is 14.5. The second-order valence-electron chi connectivity index (χ2n) is 10.8. The summed E-state index contributed by atoms with van der Waals surface area (Å²) in [6, 6.07) is 0. The van der Waals surface area contributed by atoms with Crippen molar-refractivity contribution >= 4 is 74.4 Å². The third kappa shape index (κ3) is 20.6. The normalized spacial score (nSPS) is 19.3. The largest absolute Gasteiger partial charge is 1.00 e. The summed E-state index contributed by atoms with van der Waals surface area (Å²) in [6.07, 6.45) is 8.80. The van der Waals surface area contributed by atoms with E-state index in [9.17, 15) is 39.6 Å². The maximum absolute atomic E-state index is 10.1. The van der Waals surface area contributed by atoms with Crippen LogP contribution in [0.3, 0.4) is 0 Å². The number of thiol groups is 4. The van der Waals surface area contributed by atoms with E-state index in [0.29, 0.717) is 23.0 Å². The molecule has 4 aliphatic carbocycles. The molecule has 4 aliphatic rings. The van der Waals surface area contributed by atoms with Crippen molar-refractivity contribution in [2.24, 2.45) is 21.7 Å². The second kappa shape index (κ2) is 22.2. The number of carboxylic acid groups (broad SMARTS) is 4. The molecule has 0 bridgehead atoms. The minimum Gasteiger partial charge on any atom is -0.550 e. The Morgan fingerprint density at radius 3 is 0.550 bits per heavy atom. The van der Waals surface area contributed by atoms with Gasteiger partial charge >= 0.3 is 75.4 Å². The number of hydrogen-bond acceptors (Lipinski definition) is 12. The van der Waals surface area contributed by atoms with Gasteiger partial charge in [-0.1, -0.05) is 0 Å². The molecule has 0 radical (unpaired) electrons. The average Bonchev–Trinajstić information content (AvgIpc) is 3.62. The van der Waals surface area contributed by atoms with E-state index in [2.05, 4.69) is 50.5 Å². The van der Waals surface area contributed by atoms with Gasteiger partial charge < -0.3 is 39.6 Å². The molecule has 4 fully saturated rings. The Morgan fingerprint density at radius 1 is 0.400 bits per heavy atom. The van der Waals surface area contributed by atoms with Gasteiger partial charge in [0.2, 0.25) is 0 Å². The van der Waals surface area contributed by atoms with Crippen molar-refractivity contribution in [3.05, 3.63) is 0 Å². The number of carbonyl (C=O) groups is 4. The first-order chi connectivity index (χ1) is 16.7. The monoisotopic (exact) mass is 608 g/mol. The van der Waals surface area contributed by atoms with Gasteiger partial charge in [0.05, 0.1) is 0 Å². The molecule has 0 saturated heterocycles. The molecule has 4 rings (SSSR count). The van der Waals surface area contributed by atoms with Crippen LogP contribution in [-0.2, 0) is 19.2 Å². The van der Waals surface area contributed by atoms with Gasteiger partial charge in [-0.05, 0) is 122 Å². The van der Waals surface area contributed by atoms with Crippen molar-refractivity contribution in [3.63, 3.8) is 0 Å². The van der Waals surface area contributed by atoms with E-state index in [1.807, 2.05) is 0 Å². The number of aliphatic carboxylic acids is 4. The molecule has 0 amide bonds. The molecule has 0 atom stereocenters. The fraction of sp³-hybridized carbons (Fsp3) is 0.833. The van der Waals surface area contributed by atoms with Crippen LogP contribution in [-0.4, -0.2) is 46.9 Å². The molecule has 16 heteroatoms. The van der Waals surface area contributed by atoms with Crippen molar-refractivity contribution in [1.82, 2.24) is 0 Å². The Kier molecular flexibility index (Phi) is 27.0. The van der Waals surface area contributed by atoms with E-state index in [0.717, 1.165) is 51.4 Å². The number of rotatable bonds is 12. The van der Waals surface area contributed by atoms with E-state index in [1.54, 1.807) is 0 Å². The Morgan fingerprint density at radius 2 is 0.525 bits per heavy atom. The molecule has 0 N–H and O–H groups in total. The van der Waals surface area contributed by atoms with Crippen LogP contribution in [0.1, 0.15) is 77.0 Å². The fourth-order valence-corrected chi connectivity index (χ4v) is 5.21. The zero-order chi connectivity index (χ0) is 27.6. The van der Waals surface area contributed by atoms with E-state index in [4.69, 9.17) is 0 Å². The van der Waals surface area contributed by atoms with E-state index < -0.39 is 23.9 Å². The fourth-order valence-electron chi connectivity index (χ4n) is 3.50. The summed E-state index contributed by atoms with van der Waals surface area (Å²) < 4.78 is 0. The molecule has 208 valence electrons. The standard InChI is InChI=1S/4C6H10O2S.4Li/c4*7-5(8)3-6(4-9)1-2-6;;;;/h4*9H,1-4H2,(H,7,8);;;;/q;;;;4*+1/p-4. The van der Waals surface area contributed by atoms with Crippen molar-refractivity contribution in [2.45, 2.75) is 77.0 Å². The van der Waals surface area contributed by atoms with Crippen LogP contribution in [0.15, 0.2) is 0 Å².